The first-order valence-electron chi connectivity index (χ1n) is 6.04. The predicted molar refractivity (Wildman–Crippen MR) is 81.9 cm³/mol. The van der Waals surface area contributed by atoms with Gasteiger partial charge in [-0.05, 0) is 32.0 Å². The minimum absolute atomic E-state index is 0.0887. The minimum Gasteiger partial charge on any atom is -0.484 e. The van der Waals surface area contributed by atoms with Crippen molar-refractivity contribution < 1.29 is 13.2 Å². The van der Waals surface area contributed by atoms with Gasteiger partial charge in [0.1, 0.15) is 23.6 Å². The lowest BCUT2D eigenvalue weighted by atomic mass is 10.3. The fraction of sp³-hybridized carbons (Fsp3) is 0.333. The van der Waals surface area contributed by atoms with E-state index < -0.39 is 9.05 Å². The summed E-state index contributed by atoms with van der Waals surface area (Å²) in [6, 6.07) is 4.74. The lowest BCUT2D eigenvalue weighted by molar-refractivity contribution is 0.275. The van der Waals surface area contributed by atoms with Gasteiger partial charge in [0.25, 0.3) is 9.05 Å². The summed E-state index contributed by atoms with van der Waals surface area (Å²) in [6.07, 6.45) is 1.43. The van der Waals surface area contributed by atoms with Crippen molar-refractivity contribution in [3.05, 3.63) is 34.8 Å². The first kappa shape index (κ1) is 16.3. The maximum Gasteiger partial charge on any atom is 0.265 e. The van der Waals surface area contributed by atoms with Gasteiger partial charge in [-0.3, -0.25) is 0 Å². The smallest absolute Gasteiger partial charge is 0.265 e. The van der Waals surface area contributed by atoms with E-state index in [4.69, 9.17) is 15.4 Å². The Morgan fingerprint density at radius 1 is 1.43 bits per heavy atom. The molecule has 0 aliphatic rings. The van der Waals surface area contributed by atoms with Gasteiger partial charge in [-0.15, -0.1) is 0 Å². The van der Waals surface area contributed by atoms with E-state index in [1.807, 2.05) is 13.8 Å². The average molecular weight is 395 g/mol. The Balaban J connectivity index is 2.27. The van der Waals surface area contributed by atoms with Crippen molar-refractivity contribution >= 4 is 35.7 Å². The van der Waals surface area contributed by atoms with Gasteiger partial charge in [-0.2, -0.15) is 5.10 Å². The topological polar surface area (TPSA) is 74.1 Å². The van der Waals surface area contributed by atoms with Crippen LogP contribution in [0.25, 0.3) is 0 Å². The SMILES string of the molecule is CC(C)n1ncnc1COc1ccc(Br)cc1S(=O)(=O)Cl. The van der Waals surface area contributed by atoms with Crippen LogP contribution in [-0.4, -0.2) is 23.2 Å². The number of hydrogen-bond donors (Lipinski definition) is 0. The molecule has 21 heavy (non-hydrogen) atoms. The molecule has 2 aromatic rings. The quantitative estimate of drug-likeness (QED) is 0.728. The van der Waals surface area contributed by atoms with Crippen LogP contribution in [0.15, 0.2) is 33.9 Å². The molecule has 6 nitrogen and oxygen atoms in total. The molecule has 0 spiro atoms. The van der Waals surface area contributed by atoms with E-state index >= 15 is 0 Å². The van der Waals surface area contributed by atoms with Gasteiger partial charge < -0.3 is 4.74 Å². The third-order valence-electron chi connectivity index (χ3n) is 2.66. The third kappa shape index (κ3) is 3.96. The number of ether oxygens (including phenoxy) is 1. The average Bonchev–Trinajstić information content (AvgIpc) is 2.84. The lowest BCUT2D eigenvalue weighted by Gasteiger charge is -2.12. The Bertz CT molecular complexity index is 746. The normalized spacial score (nSPS) is 11.9. The fourth-order valence-electron chi connectivity index (χ4n) is 1.74. The molecule has 0 aliphatic heterocycles. The highest BCUT2D eigenvalue weighted by atomic mass is 79.9. The van der Waals surface area contributed by atoms with Crippen molar-refractivity contribution in [1.82, 2.24) is 14.8 Å². The van der Waals surface area contributed by atoms with Crippen LogP contribution in [0, 0.1) is 0 Å². The summed E-state index contributed by atoms with van der Waals surface area (Å²) in [4.78, 5) is 4.01. The number of aromatic nitrogens is 3. The Morgan fingerprint density at radius 2 is 2.14 bits per heavy atom. The van der Waals surface area contributed by atoms with Crippen molar-refractivity contribution in [3.8, 4) is 5.75 Å². The van der Waals surface area contributed by atoms with E-state index in [9.17, 15) is 8.42 Å². The number of rotatable bonds is 5. The van der Waals surface area contributed by atoms with Crippen LogP contribution < -0.4 is 4.74 Å². The highest BCUT2D eigenvalue weighted by Crippen LogP contribution is 2.30. The van der Waals surface area contributed by atoms with E-state index in [1.54, 1.807) is 10.7 Å². The van der Waals surface area contributed by atoms with E-state index in [1.165, 1.54) is 18.5 Å². The highest BCUT2D eigenvalue weighted by Gasteiger charge is 2.18. The Labute approximate surface area is 135 Å². The van der Waals surface area contributed by atoms with Crippen molar-refractivity contribution in [1.29, 1.82) is 0 Å². The van der Waals surface area contributed by atoms with Gasteiger partial charge in [0.2, 0.25) is 0 Å². The standard InChI is InChI=1S/C12H13BrClN3O3S/c1-8(2)17-12(15-7-16-17)6-20-10-4-3-9(13)5-11(10)21(14,18)19/h3-5,7-8H,6H2,1-2H3. The fourth-order valence-corrected chi connectivity index (χ4v) is 3.25. The molecule has 0 bridgehead atoms. The number of nitrogens with zero attached hydrogens (tertiary/aromatic N) is 3. The molecule has 114 valence electrons. The zero-order valence-corrected chi connectivity index (χ0v) is 14.5. The molecule has 0 radical (unpaired) electrons. The molecule has 9 heteroatoms. The molecule has 0 fully saturated rings. The molecule has 0 amide bonds. The van der Waals surface area contributed by atoms with Crippen LogP contribution in [0.2, 0.25) is 0 Å². The third-order valence-corrected chi connectivity index (χ3v) is 4.50. The molecule has 0 unspecified atom stereocenters. The summed E-state index contributed by atoms with van der Waals surface area (Å²) in [5, 5.41) is 4.09. The van der Waals surface area contributed by atoms with E-state index in [-0.39, 0.29) is 23.3 Å². The minimum atomic E-state index is -3.90. The van der Waals surface area contributed by atoms with Crippen molar-refractivity contribution in [2.24, 2.45) is 0 Å². The van der Waals surface area contributed by atoms with Crippen LogP contribution in [-0.2, 0) is 15.7 Å². The monoisotopic (exact) mass is 393 g/mol. The van der Waals surface area contributed by atoms with Gasteiger partial charge in [0, 0.05) is 21.2 Å². The largest absolute Gasteiger partial charge is 0.484 e. The van der Waals surface area contributed by atoms with Crippen LogP contribution >= 0.6 is 26.6 Å². The Hall–Kier alpha value is -1.12. The van der Waals surface area contributed by atoms with E-state index in [0.29, 0.717) is 10.3 Å². The summed E-state index contributed by atoms with van der Waals surface area (Å²) in [5.74, 6) is 0.775. The first-order valence-corrected chi connectivity index (χ1v) is 9.14. The molecular formula is C12H13BrClN3O3S. The van der Waals surface area contributed by atoms with Crippen LogP contribution in [0.1, 0.15) is 25.7 Å². The van der Waals surface area contributed by atoms with Crippen molar-refractivity contribution in [2.45, 2.75) is 31.4 Å². The molecule has 1 aromatic carbocycles. The van der Waals surface area contributed by atoms with Crippen molar-refractivity contribution in [2.75, 3.05) is 0 Å². The second-order valence-corrected chi connectivity index (χ2v) is 7.98. The van der Waals surface area contributed by atoms with Gasteiger partial charge in [-0.1, -0.05) is 15.9 Å². The molecule has 0 N–H and O–H groups in total. The maximum atomic E-state index is 11.6. The summed E-state index contributed by atoms with van der Waals surface area (Å²) in [5.41, 5.74) is 0. The number of benzene rings is 1. The van der Waals surface area contributed by atoms with Gasteiger partial charge in [-0.25, -0.2) is 18.1 Å². The molecule has 0 atom stereocenters. The van der Waals surface area contributed by atoms with Gasteiger partial charge in [0.05, 0.1) is 0 Å². The predicted octanol–water partition coefficient (Wildman–Crippen LogP) is 3.13. The number of halogens is 2. The first-order chi connectivity index (χ1) is 9.79. The summed E-state index contributed by atoms with van der Waals surface area (Å²) in [7, 11) is 1.52. The molecule has 0 saturated heterocycles. The molecule has 0 saturated carbocycles. The molecule has 1 heterocycles. The lowest BCUT2D eigenvalue weighted by Crippen LogP contribution is -2.11. The molecule has 2 rings (SSSR count). The van der Waals surface area contributed by atoms with Gasteiger partial charge in [0.15, 0.2) is 5.82 Å². The zero-order valence-electron chi connectivity index (χ0n) is 11.3. The number of hydrogen-bond acceptors (Lipinski definition) is 5. The Kier molecular flexibility index (Phi) is 4.90. The summed E-state index contributed by atoms with van der Waals surface area (Å²) >= 11 is 3.20. The zero-order chi connectivity index (χ0) is 15.6. The van der Waals surface area contributed by atoms with Gasteiger partial charge >= 0.3 is 0 Å². The maximum absolute atomic E-state index is 11.6. The van der Waals surface area contributed by atoms with Crippen LogP contribution in [0.3, 0.4) is 0 Å². The van der Waals surface area contributed by atoms with Crippen LogP contribution in [0.5, 0.6) is 5.75 Å². The Morgan fingerprint density at radius 3 is 2.76 bits per heavy atom. The van der Waals surface area contributed by atoms with E-state index in [0.717, 1.165) is 0 Å². The molecule has 1 aromatic heterocycles. The second-order valence-electron chi connectivity index (χ2n) is 4.53. The summed E-state index contributed by atoms with van der Waals surface area (Å²) in [6.45, 7) is 4.03. The van der Waals surface area contributed by atoms with E-state index in [2.05, 4.69) is 26.0 Å². The van der Waals surface area contributed by atoms with Crippen LogP contribution in [0.4, 0.5) is 0 Å². The molecule has 0 aliphatic carbocycles. The molecular weight excluding hydrogens is 382 g/mol. The summed E-state index contributed by atoms with van der Waals surface area (Å²) < 4.78 is 31.0. The second kappa shape index (κ2) is 6.33. The highest BCUT2D eigenvalue weighted by molar-refractivity contribution is 9.10. The van der Waals surface area contributed by atoms with Crippen molar-refractivity contribution in [3.63, 3.8) is 0 Å².